The van der Waals surface area contributed by atoms with Crippen molar-refractivity contribution in [3.05, 3.63) is 69.6 Å². The summed E-state index contributed by atoms with van der Waals surface area (Å²) in [7, 11) is 0. The topological polar surface area (TPSA) is 45.2 Å². The number of thiazole rings is 1. The molecule has 6 heteroatoms. The van der Waals surface area contributed by atoms with E-state index in [1.165, 1.54) is 15.1 Å². The van der Waals surface area contributed by atoms with Crippen LogP contribution >= 0.6 is 22.7 Å². The minimum Gasteiger partial charge on any atom is -0.313 e. The number of hydrogen-bond acceptors (Lipinski definition) is 5. The Morgan fingerprint density at radius 2 is 2.00 bits per heavy atom. The number of aromatic nitrogens is 1. The highest BCUT2D eigenvalue weighted by atomic mass is 32.1. The second-order valence-corrected chi connectivity index (χ2v) is 10.6. The third kappa shape index (κ3) is 3.98. The molecular weight excluding hydrogens is 434 g/mol. The largest absolute Gasteiger partial charge is 0.313 e. The number of benzene rings is 2. The second kappa shape index (κ2) is 8.77. The van der Waals surface area contributed by atoms with Crippen LogP contribution < -0.4 is 5.32 Å². The zero-order valence-electron chi connectivity index (χ0n) is 18.7. The van der Waals surface area contributed by atoms with E-state index in [-0.39, 0.29) is 5.91 Å². The van der Waals surface area contributed by atoms with Crippen molar-refractivity contribution in [2.45, 2.75) is 40.2 Å². The molecule has 1 aliphatic heterocycles. The Hall–Kier alpha value is -2.54. The summed E-state index contributed by atoms with van der Waals surface area (Å²) in [6, 6.07) is 14.3. The number of hydrogen-bond donors (Lipinski definition) is 1. The van der Waals surface area contributed by atoms with E-state index in [0.29, 0.717) is 0 Å². The van der Waals surface area contributed by atoms with Crippen molar-refractivity contribution >= 4 is 43.8 Å². The Balaban J connectivity index is 1.58. The second-order valence-electron chi connectivity index (χ2n) is 8.49. The van der Waals surface area contributed by atoms with E-state index in [2.05, 4.69) is 35.3 Å². The predicted octanol–water partition coefficient (Wildman–Crippen LogP) is 6.66. The molecule has 0 aliphatic carbocycles. The van der Waals surface area contributed by atoms with Gasteiger partial charge in [-0.1, -0.05) is 36.8 Å². The quantitative estimate of drug-likeness (QED) is 0.361. The van der Waals surface area contributed by atoms with Crippen LogP contribution in [0.15, 0.2) is 42.5 Å². The summed E-state index contributed by atoms with van der Waals surface area (Å²) < 4.78 is 1.18. The smallest absolute Gasteiger partial charge is 0.256 e. The van der Waals surface area contributed by atoms with Crippen LogP contribution in [0, 0.1) is 13.8 Å². The lowest BCUT2D eigenvalue weighted by Crippen LogP contribution is -2.30. The molecule has 0 unspecified atom stereocenters. The normalized spacial score (nSPS) is 14.0. The van der Waals surface area contributed by atoms with Crippen LogP contribution in [0.3, 0.4) is 0 Å². The van der Waals surface area contributed by atoms with Gasteiger partial charge in [-0.05, 0) is 62.6 Å². The molecule has 1 N–H and O–H groups in total. The summed E-state index contributed by atoms with van der Waals surface area (Å²) in [5.74, 6) is -0.0439. The first-order valence-electron chi connectivity index (χ1n) is 11.1. The van der Waals surface area contributed by atoms with Gasteiger partial charge in [-0.15, -0.1) is 22.7 Å². The fourth-order valence-electron chi connectivity index (χ4n) is 4.41. The van der Waals surface area contributed by atoms with E-state index in [0.717, 1.165) is 70.3 Å². The van der Waals surface area contributed by atoms with Gasteiger partial charge < -0.3 is 5.32 Å². The van der Waals surface area contributed by atoms with Gasteiger partial charge in [0.15, 0.2) is 0 Å². The molecule has 2 aromatic carbocycles. The Bertz CT molecular complexity index is 1270. The molecule has 0 atom stereocenters. The van der Waals surface area contributed by atoms with Crippen LogP contribution in [0.5, 0.6) is 0 Å². The summed E-state index contributed by atoms with van der Waals surface area (Å²) in [6.07, 6.45) is 2.15. The molecule has 164 valence electrons. The zero-order chi connectivity index (χ0) is 22.2. The van der Waals surface area contributed by atoms with Crippen LogP contribution in [0.25, 0.3) is 20.8 Å². The first-order valence-corrected chi connectivity index (χ1v) is 12.8. The summed E-state index contributed by atoms with van der Waals surface area (Å²) in [4.78, 5) is 22.1. The van der Waals surface area contributed by atoms with E-state index >= 15 is 0 Å². The van der Waals surface area contributed by atoms with Gasteiger partial charge in [-0.3, -0.25) is 9.69 Å². The van der Waals surface area contributed by atoms with E-state index < -0.39 is 0 Å². The third-order valence-corrected chi connectivity index (χ3v) is 8.23. The van der Waals surface area contributed by atoms with Crippen molar-refractivity contribution in [1.82, 2.24) is 9.88 Å². The molecule has 0 fully saturated rings. The Morgan fingerprint density at radius 1 is 1.16 bits per heavy atom. The van der Waals surface area contributed by atoms with Crippen molar-refractivity contribution in [3.8, 4) is 10.6 Å². The molecule has 0 spiro atoms. The minimum atomic E-state index is -0.0439. The number of fused-ring (bicyclic) bond motifs is 2. The molecule has 4 nitrogen and oxygen atoms in total. The zero-order valence-corrected chi connectivity index (χ0v) is 20.3. The van der Waals surface area contributed by atoms with Crippen LogP contribution in [0.2, 0.25) is 0 Å². The third-order valence-electron chi connectivity index (χ3n) is 6.05. The molecule has 32 heavy (non-hydrogen) atoms. The van der Waals surface area contributed by atoms with Crippen molar-refractivity contribution in [3.63, 3.8) is 0 Å². The number of rotatable bonds is 5. The number of nitrogens with zero attached hydrogens (tertiary/aromatic N) is 2. The van der Waals surface area contributed by atoms with Gasteiger partial charge in [-0.25, -0.2) is 4.98 Å². The number of para-hydroxylation sites is 1. The molecule has 1 aliphatic rings. The molecule has 0 radical (unpaired) electrons. The monoisotopic (exact) mass is 461 g/mol. The summed E-state index contributed by atoms with van der Waals surface area (Å²) in [5, 5.41) is 5.20. The van der Waals surface area contributed by atoms with Gasteiger partial charge in [0.25, 0.3) is 5.91 Å². The van der Waals surface area contributed by atoms with E-state index in [1.807, 2.05) is 38.1 Å². The van der Waals surface area contributed by atoms with Crippen molar-refractivity contribution < 1.29 is 4.79 Å². The molecular formula is C26H27N3OS2. The van der Waals surface area contributed by atoms with Crippen molar-refractivity contribution in [2.24, 2.45) is 0 Å². The van der Waals surface area contributed by atoms with Gasteiger partial charge in [0, 0.05) is 29.1 Å². The van der Waals surface area contributed by atoms with Crippen LogP contribution in [-0.4, -0.2) is 28.9 Å². The average molecular weight is 462 g/mol. The van der Waals surface area contributed by atoms with Crippen LogP contribution in [0.4, 0.5) is 5.00 Å². The number of carbonyl (C=O) groups is 1. The first kappa shape index (κ1) is 21.3. The fraction of sp³-hybridized carbons (Fsp3) is 0.308. The summed E-state index contributed by atoms with van der Waals surface area (Å²) in [6.45, 7) is 9.36. The van der Waals surface area contributed by atoms with Gasteiger partial charge >= 0.3 is 0 Å². The van der Waals surface area contributed by atoms with Gasteiger partial charge in [0.2, 0.25) is 0 Å². The van der Waals surface area contributed by atoms with Gasteiger partial charge in [-0.2, -0.15) is 0 Å². The average Bonchev–Trinajstić information content (AvgIpc) is 3.35. The number of amides is 1. The van der Waals surface area contributed by atoms with Gasteiger partial charge in [0.1, 0.15) is 10.0 Å². The SMILES string of the molecule is CCCN1CCc2c(sc(NC(=O)c3cc(C)ccc3C)c2-c2nc3ccccc3s2)C1. The van der Waals surface area contributed by atoms with E-state index in [4.69, 9.17) is 4.98 Å². The highest BCUT2D eigenvalue weighted by Crippen LogP contribution is 2.45. The number of aryl methyl sites for hydroxylation is 2. The molecule has 0 bridgehead atoms. The number of anilines is 1. The number of nitrogens with one attached hydrogen (secondary N) is 1. The standard InChI is InChI=1S/C26H27N3OS2/c1-4-12-29-13-11-18-22(15-29)32-26(28-24(30)19-14-16(2)9-10-17(19)3)23(18)25-27-20-7-5-6-8-21(20)31-25/h5-10,14H,4,11-13,15H2,1-3H3,(H,28,30). The lowest BCUT2D eigenvalue weighted by atomic mass is 10.0. The predicted molar refractivity (Wildman–Crippen MR) is 136 cm³/mol. The Labute approximate surface area is 196 Å². The molecule has 0 saturated heterocycles. The number of carbonyl (C=O) groups excluding carboxylic acids is 1. The number of thiophene rings is 1. The Morgan fingerprint density at radius 3 is 2.81 bits per heavy atom. The molecule has 2 aromatic heterocycles. The maximum atomic E-state index is 13.3. The minimum absolute atomic E-state index is 0.0439. The maximum absolute atomic E-state index is 13.3. The van der Waals surface area contributed by atoms with E-state index in [1.54, 1.807) is 22.7 Å². The first-order chi connectivity index (χ1) is 15.5. The van der Waals surface area contributed by atoms with Crippen molar-refractivity contribution in [1.29, 1.82) is 0 Å². The van der Waals surface area contributed by atoms with E-state index in [9.17, 15) is 4.79 Å². The molecule has 5 rings (SSSR count). The molecule has 0 saturated carbocycles. The lowest BCUT2D eigenvalue weighted by molar-refractivity contribution is 0.102. The highest BCUT2D eigenvalue weighted by Gasteiger charge is 2.28. The van der Waals surface area contributed by atoms with Crippen LogP contribution in [-0.2, 0) is 13.0 Å². The molecule has 1 amide bonds. The summed E-state index contributed by atoms with van der Waals surface area (Å²) in [5.41, 5.74) is 6.32. The van der Waals surface area contributed by atoms with Crippen molar-refractivity contribution in [2.75, 3.05) is 18.4 Å². The molecule has 3 heterocycles. The Kier molecular flexibility index (Phi) is 5.84. The van der Waals surface area contributed by atoms with Gasteiger partial charge in [0.05, 0.1) is 10.2 Å². The highest BCUT2D eigenvalue weighted by molar-refractivity contribution is 7.23. The molecule has 4 aromatic rings. The maximum Gasteiger partial charge on any atom is 0.256 e. The van der Waals surface area contributed by atoms with Crippen LogP contribution in [0.1, 0.15) is 45.3 Å². The lowest BCUT2D eigenvalue weighted by Gasteiger charge is -2.26. The fourth-order valence-corrected chi connectivity index (χ4v) is 6.80. The summed E-state index contributed by atoms with van der Waals surface area (Å²) >= 11 is 3.43.